The summed E-state index contributed by atoms with van der Waals surface area (Å²) in [5.74, 6) is 0.401. The van der Waals surface area contributed by atoms with Crippen molar-refractivity contribution in [3.63, 3.8) is 0 Å². The molecule has 104 valence electrons. The van der Waals surface area contributed by atoms with Gasteiger partial charge in [0, 0.05) is 12.5 Å². The number of carbonyl (C=O) groups excluding carboxylic acids is 1. The van der Waals surface area contributed by atoms with Crippen LogP contribution in [0.25, 0.3) is 0 Å². The molecule has 0 bridgehead atoms. The first-order valence-electron chi connectivity index (χ1n) is 6.57. The highest BCUT2D eigenvalue weighted by Crippen LogP contribution is 2.20. The molecule has 0 saturated heterocycles. The van der Waals surface area contributed by atoms with Crippen molar-refractivity contribution in [2.45, 2.75) is 38.0 Å². The van der Waals surface area contributed by atoms with Crippen LogP contribution in [-0.4, -0.2) is 29.7 Å². The van der Waals surface area contributed by atoms with Crippen LogP contribution in [0.15, 0.2) is 24.3 Å². The molecule has 5 nitrogen and oxygen atoms in total. The first-order chi connectivity index (χ1) is 9.19. The van der Waals surface area contributed by atoms with E-state index < -0.39 is 0 Å². The number of primary amides is 1. The van der Waals surface area contributed by atoms with Gasteiger partial charge in [-0.1, -0.05) is 12.1 Å². The van der Waals surface area contributed by atoms with Gasteiger partial charge in [-0.2, -0.15) is 0 Å². The average Bonchev–Trinajstić information content (AvgIpc) is 3.22. The predicted molar refractivity (Wildman–Crippen MR) is 71.6 cm³/mol. The highest BCUT2D eigenvalue weighted by atomic mass is 16.5. The van der Waals surface area contributed by atoms with Gasteiger partial charge >= 0.3 is 0 Å². The highest BCUT2D eigenvalue weighted by molar-refractivity contribution is 5.79. The summed E-state index contributed by atoms with van der Waals surface area (Å²) >= 11 is 0. The Hall–Kier alpha value is -1.59. The van der Waals surface area contributed by atoms with Crippen LogP contribution in [0.4, 0.5) is 0 Å². The molecule has 1 aromatic carbocycles. The molecule has 4 N–H and O–H groups in total. The molecule has 1 saturated carbocycles. The quantitative estimate of drug-likeness (QED) is 0.640. The summed E-state index contributed by atoms with van der Waals surface area (Å²) < 4.78 is 5.56. The third kappa shape index (κ3) is 4.54. The maximum absolute atomic E-state index is 11.3. The molecule has 1 fully saturated rings. The van der Waals surface area contributed by atoms with Gasteiger partial charge in [0.15, 0.2) is 0 Å². The molecule has 0 radical (unpaired) electrons. The van der Waals surface area contributed by atoms with Gasteiger partial charge in [-0.05, 0) is 30.5 Å². The lowest BCUT2D eigenvalue weighted by Crippen LogP contribution is -2.43. The van der Waals surface area contributed by atoms with Crippen molar-refractivity contribution in [2.75, 3.05) is 6.61 Å². The van der Waals surface area contributed by atoms with E-state index in [2.05, 4.69) is 5.32 Å². The molecular formula is C14H20N2O3. The van der Waals surface area contributed by atoms with E-state index >= 15 is 0 Å². The van der Waals surface area contributed by atoms with E-state index in [4.69, 9.17) is 15.6 Å². The summed E-state index contributed by atoms with van der Waals surface area (Å²) in [5, 5.41) is 12.1. The highest BCUT2D eigenvalue weighted by Gasteiger charge is 2.26. The Morgan fingerprint density at radius 3 is 2.63 bits per heavy atom. The second-order valence-corrected chi connectivity index (χ2v) is 4.84. The maximum atomic E-state index is 11.3. The molecular weight excluding hydrogens is 244 g/mol. The standard InChI is InChI=1S/C14H20N2O3/c15-14(18)13(16-11-3-4-11)7-8-19-12-5-1-10(9-17)2-6-12/h1-2,5-6,11,13,16-17H,3-4,7-9H2,(H2,15,18). The molecule has 0 aromatic heterocycles. The topological polar surface area (TPSA) is 84.6 Å². The van der Waals surface area contributed by atoms with Crippen LogP contribution >= 0.6 is 0 Å². The second kappa shape index (κ2) is 6.54. The Bertz CT molecular complexity index is 415. The lowest BCUT2D eigenvalue weighted by atomic mass is 10.2. The number of rotatable bonds is 8. The molecule has 0 spiro atoms. The monoisotopic (exact) mass is 264 g/mol. The van der Waals surface area contributed by atoms with E-state index in [0.717, 1.165) is 24.2 Å². The van der Waals surface area contributed by atoms with Crippen molar-refractivity contribution in [1.29, 1.82) is 0 Å². The molecule has 1 atom stereocenters. The van der Waals surface area contributed by atoms with Crippen LogP contribution in [-0.2, 0) is 11.4 Å². The van der Waals surface area contributed by atoms with E-state index in [1.807, 2.05) is 12.1 Å². The van der Waals surface area contributed by atoms with Gasteiger partial charge in [0.2, 0.25) is 5.91 Å². The summed E-state index contributed by atoms with van der Waals surface area (Å²) in [6.07, 6.45) is 2.80. The zero-order chi connectivity index (χ0) is 13.7. The van der Waals surface area contributed by atoms with Gasteiger partial charge in [-0.3, -0.25) is 4.79 Å². The second-order valence-electron chi connectivity index (χ2n) is 4.84. The van der Waals surface area contributed by atoms with Crippen molar-refractivity contribution in [3.05, 3.63) is 29.8 Å². The SMILES string of the molecule is NC(=O)C(CCOc1ccc(CO)cc1)NC1CC1. The zero-order valence-corrected chi connectivity index (χ0v) is 10.8. The molecule has 2 rings (SSSR count). The zero-order valence-electron chi connectivity index (χ0n) is 10.8. The number of hydrogen-bond acceptors (Lipinski definition) is 4. The maximum Gasteiger partial charge on any atom is 0.234 e. The summed E-state index contributed by atoms with van der Waals surface area (Å²) in [6.45, 7) is 0.459. The smallest absolute Gasteiger partial charge is 0.234 e. The number of nitrogens with one attached hydrogen (secondary N) is 1. The number of nitrogens with two attached hydrogens (primary N) is 1. The van der Waals surface area contributed by atoms with Crippen LogP contribution in [0.5, 0.6) is 5.75 Å². The molecule has 1 aliphatic carbocycles. The summed E-state index contributed by atoms with van der Waals surface area (Å²) in [4.78, 5) is 11.3. The minimum atomic E-state index is -0.328. The fraction of sp³-hybridized carbons (Fsp3) is 0.500. The molecule has 1 aliphatic rings. The number of ether oxygens (including phenoxy) is 1. The van der Waals surface area contributed by atoms with Crippen molar-refractivity contribution >= 4 is 5.91 Å². The van der Waals surface area contributed by atoms with Crippen molar-refractivity contribution < 1.29 is 14.6 Å². The largest absolute Gasteiger partial charge is 0.494 e. The number of amides is 1. The third-order valence-corrected chi connectivity index (χ3v) is 3.14. The molecule has 1 amide bonds. The molecule has 0 aliphatic heterocycles. The molecule has 19 heavy (non-hydrogen) atoms. The number of hydrogen-bond donors (Lipinski definition) is 3. The molecule has 1 aromatic rings. The van der Waals surface area contributed by atoms with E-state index in [9.17, 15) is 4.79 Å². The van der Waals surface area contributed by atoms with Crippen LogP contribution in [0.1, 0.15) is 24.8 Å². The molecule has 5 heteroatoms. The number of benzene rings is 1. The van der Waals surface area contributed by atoms with Gasteiger partial charge in [0.1, 0.15) is 5.75 Å². The summed E-state index contributed by atoms with van der Waals surface area (Å²) in [7, 11) is 0. The van der Waals surface area contributed by atoms with Crippen LogP contribution in [0.3, 0.4) is 0 Å². The summed E-state index contributed by atoms with van der Waals surface area (Å²) in [5.41, 5.74) is 6.19. The van der Waals surface area contributed by atoms with Crippen LogP contribution in [0, 0.1) is 0 Å². The number of carbonyl (C=O) groups is 1. The fourth-order valence-electron chi connectivity index (χ4n) is 1.83. The van der Waals surface area contributed by atoms with E-state index in [0.29, 0.717) is 19.1 Å². The minimum Gasteiger partial charge on any atom is -0.494 e. The Morgan fingerprint density at radius 2 is 2.11 bits per heavy atom. The first kappa shape index (κ1) is 13.8. The average molecular weight is 264 g/mol. The van der Waals surface area contributed by atoms with Gasteiger partial charge in [0.25, 0.3) is 0 Å². The summed E-state index contributed by atoms with van der Waals surface area (Å²) in [6, 6.07) is 7.36. The molecule has 1 unspecified atom stereocenters. The normalized spacial score (nSPS) is 16.1. The van der Waals surface area contributed by atoms with Crippen molar-refractivity contribution in [2.24, 2.45) is 5.73 Å². The number of aliphatic hydroxyl groups is 1. The van der Waals surface area contributed by atoms with E-state index in [1.165, 1.54) is 0 Å². The number of aliphatic hydroxyl groups excluding tert-OH is 1. The Kier molecular flexibility index (Phi) is 4.76. The Labute approximate surface area is 112 Å². The van der Waals surface area contributed by atoms with Gasteiger partial charge in [-0.25, -0.2) is 0 Å². The first-order valence-corrected chi connectivity index (χ1v) is 6.57. The van der Waals surface area contributed by atoms with E-state index in [1.54, 1.807) is 12.1 Å². The van der Waals surface area contributed by atoms with Gasteiger partial charge < -0.3 is 20.9 Å². The lowest BCUT2D eigenvalue weighted by molar-refractivity contribution is -0.120. The third-order valence-electron chi connectivity index (χ3n) is 3.14. The Balaban J connectivity index is 1.75. The van der Waals surface area contributed by atoms with Crippen LogP contribution < -0.4 is 15.8 Å². The fourth-order valence-corrected chi connectivity index (χ4v) is 1.83. The van der Waals surface area contributed by atoms with Crippen LogP contribution in [0.2, 0.25) is 0 Å². The van der Waals surface area contributed by atoms with Crippen molar-refractivity contribution in [3.8, 4) is 5.75 Å². The van der Waals surface area contributed by atoms with E-state index in [-0.39, 0.29) is 18.6 Å². The Morgan fingerprint density at radius 1 is 1.42 bits per heavy atom. The predicted octanol–water partition coefficient (Wildman–Crippen LogP) is 0.554. The minimum absolute atomic E-state index is 0.0232. The molecule has 0 heterocycles. The van der Waals surface area contributed by atoms with Gasteiger partial charge in [0.05, 0.1) is 19.3 Å². The lowest BCUT2D eigenvalue weighted by Gasteiger charge is -2.15. The van der Waals surface area contributed by atoms with Crippen molar-refractivity contribution in [1.82, 2.24) is 5.32 Å². The van der Waals surface area contributed by atoms with Gasteiger partial charge in [-0.15, -0.1) is 0 Å².